The second-order valence-electron chi connectivity index (χ2n) is 6.70. The van der Waals surface area contributed by atoms with Crippen LogP contribution >= 0.6 is 0 Å². The smallest absolute Gasteiger partial charge is 0.128 e. The van der Waals surface area contributed by atoms with Gasteiger partial charge in [-0.1, -0.05) is 26.8 Å². The molecule has 0 atom stereocenters. The van der Waals surface area contributed by atoms with Gasteiger partial charge in [0.1, 0.15) is 5.82 Å². The van der Waals surface area contributed by atoms with Crippen LogP contribution in [0.2, 0.25) is 0 Å². The van der Waals surface area contributed by atoms with Crippen molar-refractivity contribution in [3.63, 3.8) is 0 Å². The fraction of sp³-hybridized carbons (Fsp3) is 0.688. The summed E-state index contributed by atoms with van der Waals surface area (Å²) in [7, 11) is 0. The molecule has 0 spiro atoms. The highest BCUT2D eigenvalue weighted by Crippen LogP contribution is 2.35. The average Bonchev–Trinajstić information content (AvgIpc) is 2.38. The van der Waals surface area contributed by atoms with E-state index in [0.717, 1.165) is 36.1 Å². The van der Waals surface area contributed by atoms with E-state index in [-0.39, 0.29) is 6.61 Å². The highest BCUT2D eigenvalue weighted by atomic mass is 16.3. The fourth-order valence-corrected chi connectivity index (χ4v) is 2.89. The molecule has 0 bridgehead atoms. The van der Waals surface area contributed by atoms with E-state index in [2.05, 4.69) is 30.7 Å². The molecule has 3 heteroatoms. The Morgan fingerprint density at radius 1 is 1.26 bits per heavy atom. The molecular formula is C16H26N2O. The number of aryl methyl sites for hydroxylation is 1. The van der Waals surface area contributed by atoms with Crippen LogP contribution in [0.15, 0.2) is 12.1 Å². The minimum atomic E-state index is 0.0746. The van der Waals surface area contributed by atoms with Crippen molar-refractivity contribution < 1.29 is 5.11 Å². The molecule has 1 N–H and O–H groups in total. The number of aliphatic hydroxyl groups excluding tert-OH is 1. The molecule has 0 radical (unpaired) electrons. The van der Waals surface area contributed by atoms with E-state index in [1.165, 1.54) is 12.8 Å². The van der Waals surface area contributed by atoms with Gasteiger partial charge in [-0.2, -0.15) is 0 Å². The van der Waals surface area contributed by atoms with E-state index in [0.29, 0.717) is 5.41 Å². The second kappa shape index (κ2) is 5.49. The molecule has 1 fully saturated rings. The highest BCUT2D eigenvalue weighted by Gasteiger charge is 2.29. The van der Waals surface area contributed by atoms with Gasteiger partial charge in [0.2, 0.25) is 0 Å². The molecule has 106 valence electrons. The lowest BCUT2D eigenvalue weighted by molar-refractivity contribution is 0.198. The molecule has 0 aliphatic carbocycles. The van der Waals surface area contributed by atoms with Crippen molar-refractivity contribution >= 4 is 5.82 Å². The molecule has 0 unspecified atom stereocenters. The van der Waals surface area contributed by atoms with Crippen molar-refractivity contribution in [2.45, 2.75) is 47.1 Å². The normalized spacial score (nSPS) is 17.8. The lowest BCUT2D eigenvalue weighted by Gasteiger charge is -2.39. The maximum absolute atomic E-state index is 9.19. The van der Waals surface area contributed by atoms with Gasteiger partial charge in [-0.05, 0) is 42.7 Å². The SMILES string of the molecule is Cc1nc(N2CCC(C(C)(C)C)CC2)ccc1CO. The summed E-state index contributed by atoms with van der Waals surface area (Å²) >= 11 is 0. The van der Waals surface area contributed by atoms with Crippen LogP contribution < -0.4 is 4.90 Å². The number of pyridine rings is 1. The van der Waals surface area contributed by atoms with Crippen LogP contribution in [0.25, 0.3) is 0 Å². The second-order valence-corrected chi connectivity index (χ2v) is 6.70. The molecule has 0 saturated carbocycles. The summed E-state index contributed by atoms with van der Waals surface area (Å²) in [5, 5.41) is 9.19. The summed E-state index contributed by atoms with van der Waals surface area (Å²) < 4.78 is 0. The summed E-state index contributed by atoms with van der Waals surface area (Å²) in [5.41, 5.74) is 2.28. The molecular weight excluding hydrogens is 236 g/mol. The lowest BCUT2D eigenvalue weighted by Crippen LogP contribution is -2.38. The zero-order valence-electron chi connectivity index (χ0n) is 12.6. The molecule has 1 aromatic rings. The largest absolute Gasteiger partial charge is 0.392 e. The Hall–Kier alpha value is -1.09. The maximum atomic E-state index is 9.19. The van der Waals surface area contributed by atoms with Gasteiger partial charge in [0.05, 0.1) is 6.61 Å². The zero-order chi connectivity index (χ0) is 14.0. The topological polar surface area (TPSA) is 36.4 Å². The summed E-state index contributed by atoms with van der Waals surface area (Å²) in [6.45, 7) is 11.2. The van der Waals surface area contributed by atoms with Crippen LogP contribution in [0, 0.1) is 18.3 Å². The lowest BCUT2D eigenvalue weighted by atomic mass is 9.75. The minimum absolute atomic E-state index is 0.0746. The predicted octanol–water partition coefficient (Wildman–Crippen LogP) is 3.14. The number of hydrogen-bond acceptors (Lipinski definition) is 3. The van der Waals surface area contributed by atoms with Gasteiger partial charge in [-0.3, -0.25) is 0 Å². The summed E-state index contributed by atoms with van der Waals surface area (Å²) in [5.74, 6) is 1.86. The van der Waals surface area contributed by atoms with Gasteiger partial charge in [-0.25, -0.2) is 4.98 Å². The molecule has 1 aliphatic heterocycles. The van der Waals surface area contributed by atoms with Crippen LogP contribution in [0.1, 0.15) is 44.9 Å². The molecule has 1 aliphatic rings. The highest BCUT2D eigenvalue weighted by molar-refractivity contribution is 5.42. The van der Waals surface area contributed by atoms with Crippen LogP contribution in [0.4, 0.5) is 5.82 Å². The molecule has 2 rings (SSSR count). The third-order valence-electron chi connectivity index (χ3n) is 4.39. The van der Waals surface area contributed by atoms with Crippen molar-refractivity contribution in [3.05, 3.63) is 23.4 Å². The molecule has 1 aromatic heterocycles. The van der Waals surface area contributed by atoms with Crippen molar-refractivity contribution in [2.75, 3.05) is 18.0 Å². The van der Waals surface area contributed by atoms with E-state index < -0.39 is 0 Å². The number of hydrogen-bond donors (Lipinski definition) is 1. The third-order valence-corrected chi connectivity index (χ3v) is 4.39. The third kappa shape index (κ3) is 3.27. The predicted molar refractivity (Wildman–Crippen MR) is 79.3 cm³/mol. The van der Waals surface area contributed by atoms with E-state index in [1.807, 2.05) is 19.1 Å². The van der Waals surface area contributed by atoms with Gasteiger partial charge in [0.15, 0.2) is 0 Å². The molecule has 0 amide bonds. The number of nitrogens with zero attached hydrogens (tertiary/aromatic N) is 2. The Morgan fingerprint density at radius 2 is 1.89 bits per heavy atom. The van der Waals surface area contributed by atoms with Gasteiger partial charge < -0.3 is 10.0 Å². The standard InChI is InChI=1S/C16H26N2O/c1-12-13(11-19)5-6-15(17-12)18-9-7-14(8-10-18)16(2,3)4/h5-6,14,19H,7-11H2,1-4H3. The number of aliphatic hydroxyl groups is 1. The van der Waals surface area contributed by atoms with Crippen molar-refractivity contribution in [1.82, 2.24) is 4.98 Å². The summed E-state index contributed by atoms with van der Waals surface area (Å²) in [6, 6.07) is 4.03. The monoisotopic (exact) mass is 262 g/mol. The van der Waals surface area contributed by atoms with Gasteiger partial charge in [0, 0.05) is 18.8 Å². The number of anilines is 1. The number of aromatic nitrogens is 1. The Balaban J connectivity index is 2.04. The van der Waals surface area contributed by atoms with Crippen molar-refractivity contribution in [3.8, 4) is 0 Å². The number of piperidine rings is 1. The molecule has 3 nitrogen and oxygen atoms in total. The van der Waals surface area contributed by atoms with Crippen molar-refractivity contribution in [2.24, 2.45) is 11.3 Å². The van der Waals surface area contributed by atoms with Gasteiger partial charge in [0.25, 0.3) is 0 Å². The van der Waals surface area contributed by atoms with Crippen LogP contribution in [0.3, 0.4) is 0 Å². The Kier molecular flexibility index (Phi) is 4.14. The molecule has 0 aromatic carbocycles. The quantitative estimate of drug-likeness (QED) is 0.889. The van der Waals surface area contributed by atoms with Crippen LogP contribution in [-0.2, 0) is 6.61 Å². The Morgan fingerprint density at radius 3 is 2.37 bits per heavy atom. The van der Waals surface area contributed by atoms with E-state index in [1.54, 1.807) is 0 Å². The average molecular weight is 262 g/mol. The molecule has 1 saturated heterocycles. The Bertz CT molecular complexity index is 429. The van der Waals surface area contributed by atoms with E-state index >= 15 is 0 Å². The fourth-order valence-electron chi connectivity index (χ4n) is 2.89. The summed E-state index contributed by atoms with van der Waals surface area (Å²) in [4.78, 5) is 6.99. The van der Waals surface area contributed by atoms with Crippen LogP contribution in [0.5, 0.6) is 0 Å². The minimum Gasteiger partial charge on any atom is -0.392 e. The first-order valence-corrected chi connectivity index (χ1v) is 7.24. The van der Waals surface area contributed by atoms with Gasteiger partial charge in [-0.15, -0.1) is 0 Å². The number of rotatable bonds is 2. The van der Waals surface area contributed by atoms with E-state index in [4.69, 9.17) is 0 Å². The molecule has 19 heavy (non-hydrogen) atoms. The first-order chi connectivity index (χ1) is 8.91. The first-order valence-electron chi connectivity index (χ1n) is 7.24. The molecule has 2 heterocycles. The maximum Gasteiger partial charge on any atom is 0.128 e. The van der Waals surface area contributed by atoms with E-state index in [9.17, 15) is 5.11 Å². The zero-order valence-corrected chi connectivity index (χ0v) is 12.6. The first kappa shape index (κ1) is 14.3. The van der Waals surface area contributed by atoms with Crippen molar-refractivity contribution in [1.29, 1.82) is 0 Å². The van der Waals surface area contributed by atoms with Gasteiger partial charge >= 0.3 is 0 Å². The summed E-state index contributed by atoms with van der Waals surface area (Å²) in [6.07, 6.45) is 2.48. The van der Waals surface area contributed by atoms with Crippen LogP contribution in [-0.4, -0.2) is 23.2 Å². The Labute approximate surface area is 116 Å².